The highest BCUT2D eigenvalue weighted by Crippen LogP contribution is 2.35. The first-order valence-electron chi connectivity index (χ1n) is 7.73. The van der Waals surface area contributed by atoms with Crippen LogP contribution in [-0.2, 0) is 0 Å². The molecule has 0 aromatic heterocycles. The monoisotopic (exact) mass is 261 g/mol. The summed E-state index contributed by atoms with van der Waals surface area (Å²) in [4.78, 5) is 2.46. The summed E-state index contributed by atoms with van der Waals surface area (Å²) in [6.45, 7) is 6.55. The molecule has 3 atom stereocenters. The van der Waals surface area contributed by atoms with Crippen LogP contribution >= 0.6 is 0 Å². The molecule has 0 saturated heterocycles. The summed E-state index contributed by atoms with van der Waals surface area (Å²) in [5, 5.41) is 10.3. The third-order valence-corrected chi connectivity index (χ3v) is 4.44. The van der Waals surface area contributed by atoms with Crippen molar-refractivity contribution in [2.45, 2.75) is 57.6 Å². The highest BCUT2D eigenvalue weighted by Gasteiger charge is 2.32. The van der Waals surface area contributed by atoms with Gasteiger partial charge in [-0.05, 0) is 50.3 Å². The van der Waals surface area contributed by atoms with E-state index in [0.29, 0.717) is 12.0 Å². The number of aliphatic hydroxyl groups excluding tert-OH is 1. The van der Waals surface area contributed by atoms with E-state index in [2.05, 4.69) is 49.1 Å². The molecule has 1 saturated carbocycles. The van der Waals surface area contributed by atoms with Crippen LogP contribution in [0.3, 0.4) is 0 Å². The zero-order valence-corrected chi connectivity index (χ0v) is 12.3. The van der Waals surface area contributed by atoms with Crippen molar-refractivity contribution in [3.05, 3.63) is 35.9 Å². The summed E-state index contributed by atoms with van der Waals surface area (Å²) in [5.74, 6) is 0.612. The van der Waals surface area contributed by atoms with E-state index in [1.165, 1.54) is 5.56 Å². The van der Waals surface area contributed by atoms with Gasteiger partial charge in [-0.15, -0.1) is 0 Å². The van der Waals surface area contributed by atoms with Crippen LogP contribution in [0.25, 0.3) is 0 Å². The molecule has 2 rings (SSSR count). The molecular formula is C17H27NO. The minimum Gasteiger partial charge on any atom is -0.391 e. The van der Waals surface area contributed by atoms with E-state index < -0.39 is 0 Å². The molecule has 0 radical (unpaired) electrons. The second-order valence-electron chi connectivity index (χ2n) is 5.68. The van der Waals surface area contributed by atoms with E-state index in [1.807, 2.05) is 0 Å². The van der Waals surface area contributed by atoms with Gasteiger partial charge in [0.25, 0.3) is 0 Å². The fourth-order valence-electron chi connectivity index (χ4n) is 3.40. The lowest BCUT2D eigenvalue weighted by Crippen LogP contribution is -2.47. The van der Waals surface area contributed by atoms with Crippen LogP contribution in [0.2, 0.25) is 0 Å². The zero-order chi connectivity index (χ0) is 13.7. The predicted octanol–water partition coefficient (Wildman–Crippen LogP) is 3.42. The molecule has 0 heterocycles. The molecule has 1 N–H and O–H groups in total. The summed E-state index contributed by atoms with van der Waals surface area (Å²) < 4.78 is 0. The molecule has 0 bridgehead atoms. The lowest BCUT2D eigenvalue weighted by Gasteiger charge is -2.40. The third kappa shape index (κ3) is 3.58. The van der Waals surface area contributed by atoms with Gasteiger partial charge in [-0.2, -0.15) is 0 Å². The first-order valence-corrected chi connectivity index (χ1v) is 7.73. The van der Waals surface area contributed by atoms with Crippen molar-refractivity contribution in [3.63, 3.8) is 0 Å². The minimum absolute atomic E-state index is 0.147. The topological polar surface area (TPSA) is 23.5 Å². The van der Waals surface area contributed by atoms with E-state index in [0.717, 1.165) is 38.8 Å². The molecule has 3 unspecified atom stereocenters. The second kappa shape index (κ2) is 7.06. The van der Waals surface area contributed by atoms with E-state index in [4.69, 9.17) is 0 Å². The van der Waals surface area contributed by atoms with Gasteiger partial charge >= 0.3 is 0 Å². The molecular weight excluding hydrogens is 234 g/mol. The van der Waals surface area contributed by atoms with Gasteiger partial charge in [0.15, 0.2) is 0 Å². The lowest BCUT2D eigenvalue weighted by atomic mass is 9.79. The average Bonchev–Trinajstić information content (AvgIpc) is 2.46. The third-order valence-electron chi connectivity index (χ3n) is 4.44. The zero-order valence-electron chi connectivity index (χ0n) is 12.3. The van der Waals surface area contributed by atoms with Crippen molar-refractivity contribution in [1.82, 2.24) is 4.90 Å². The average molecular weight is 261 g/mol. The van der Waals surface area contributed by atoms with Crippen molar-refractivity contribution < 1.29 is 5.11 Å². The number of nitrogens with zero attached hydrogens (tertiary/aromatic N) is 1. The molecule has 106 valence electrons. The fourth-order valence-corrected chi connectivity index (χ4v) is 3.40. The Morgan fingerprint density at radius 3 is 2.53 bits per heavy atom. The van der Waals surface area contributed by atoms with E-state index >= 15 is 0 Å². The molecule has 1 aliphatic rings. The molecule has 1 aliphatic carbocycles. The van der Waals surface area contributed by atoms with Crippen LogP contribution in [0.15, 0.2) is 30.3 Å². The number of rotatable bonds is 5. The second-order valence-corrected chi connectivity index (χ2v) is 5.68. The van der Waals surface area contributed by atoms with Crippen LogP contribution in [-0.4, -0.2) is 35.2 Å². The molecule has 0 spiro atoms. The Hall–Kier alpha value is -0.860. The van der Waals surface area contributed by atoms with Gasteiger partial charge in [-0.1, -0.05) is 44.2 Å². The lowest BCUT2D eigenvalue weighted by molar-refractivity contribution is 0.0158. The standard InChI is InChI=1S/C17H27NO/c1-3-12-18(4-2)16-13-15(10-11-17(16)19)14-8-6-5-7-9-14/h5-9,15-17,19H,3-4,10-13H2,1-2H3. The van der Waals surface area contributed by atoms with Gasteiger partial charge in [-0.3, -0.25) is 4.90 Å². The van der Waals surface area contributed by atoms with E-state index in [1.54, 1.807) is 0 Å². The van der Waals surface area contributed by atoms with Gasteiger partial charge < -0.3 is 5.11 Å². The Morgan fingerprint density at radius 2 is 1.89 bits per heavy atom. The molecule has 1 fully saturated rings. The van der Waals surface area contributed by atoms with Crippen LogP contribution < -0.4 is 0 Å². The SMILES string of the molecule is CCCN(CC)C1CC(c2ccccc2)CCC1O. The molecule has 19 heavy (non-hydrogen) atoms. The number of aliphatic hydroxyl groups is 1. The summed E-state index contributed by atoms with van der Waals surface area (Å²) >= 11 is 0. The van der Waals surface area contributed by atoms with Crippen molar-refractivity contribution in [1.29, 1.82) is 0 Å². The van der Waals surface area contributed by atoms with Crippen molar-refractivity contribution in [2.75, 3.05) is 13.1 Å². The highest BCUT2D eigenvalue weighted by molar-refractivity contribution is 5.20. The summed E-state index contributed by atoms with van der Waals surface area (Å²) in [6, 6.07) is 11.1. The number of hydrogen-bond acceptors (Lipinski definition) is 2. The summed E-state index contributed by atoms with van der Waals surface area (Å²) in [5.41, 5.74) is 1.44. The van der Waals surface area contributed by atoms with Crippen molar-refractivity contribution in [3.8, 4) is 0 Å². The maximum absolute atomic E-state index is 10.3. The van der Waals surface area contributed by atoms with Crippen LogP contribution in [0, 0.1) is 0 Å². The van der Waals surface area contributed by atoms with Gasteiger partial charge in [0.1, 0.15) is 0 Å². The molecule has 0 amide bonds. The summed E-state index contributed by atoms with van der Waals surface area (Å²) in [6.07, 6.45) is 4.16. The van der Waals surface area contributed by atoms with E-state index in [-0.39, 0.29) is 6.10 Å². The van der Waals surface area contributed by atoms with Crippen molar-refractivity contribution >= 4 is 0 Å². The largest absolute Gasteiger partial charge is 0.391 e. The normalized spacial score (nSPS) is 27.7. The maximum atomic E-state index is 10.3. The first-order chi connectivity index (χ1) is 9.26. The smallest absolute Gasteiger partial charge is 0.0695 e. The Kier molecular flexibility index (Phi) is 5.41. The summed E-state index contributed by atoms with van der Waals surface area (Å²) in [7, 11) is 0. The molecule has 1 aromatic carbocycles. The fraction of sp³-hybridized carbons (Fsp3) is 0.647. The number of likely N-dealkylation sites (N-methyl/N-ethyl adjacent to an activating group) is 1. The molecule has 1 aromatic rings. The Labute approximate surface area is 117 Å². The maximum Gasteiger partial charge on any atom is 0.0695 e. The van der Waals surface area contributed by atoms with Gasteiger partial charge in [0.05, 0.1) is 6.10 Å². The molecule has 2 nitrogen and oxygen atoms in total. The van der Waals surface area contributed by atoms with Crippen molar-refractivity contribution in [2.24, 2.45) is 0 Å². The van der Waals surface area contributed by atoms with Crippen LogP contribution in [0.1, 0.15) is 51.0 Å². The highest BCUT2D eigenvalue weighted by atomic mass is 16.3. The Bertz CT molecular complexity index is 365. The molecule has 2 heteroatoms. The predicted molar refractivity (Wildman–Crippen MR) is 80.4 cm³/mol. The van der Waals surface area contributed by atoms with Crippen LogP contribution in [0.4, 0.5) is 0 Å². The van der Waals surface area contributed by atoms with E-state index in [9.17, 15) is 5.11 Å². The number of hydrogen-bond donors (Lipinski definition) is 1. The Morgan fingerprint density at radius 1 is 1.16 bits per heavy atom. The van der Waals surface area contributed by atoms with Crippen LogP contribution in [0.5, 0.6) is 0 Å². The Balaban J connectivity index is 2.07. The first kappa shape index (κ1) is 14.5. The minimum atomic E-state index is -0.147. The number of benzene rings is 1. The van der Waals surface area contributed by atoms with Gasteiger partial charge in [-0.25, -0.2) is 0 Å². The molecule has 0 aliphatic heterocycles. The quantitative estimate of drug-likeness (QED) is 0.878. The van der Waals surface area contributed by atoms with Gasteiger partial charge in [0, 0.05) is 6.04 Å². The van der Waals surface area contributed by atoms with Gasteiger partial charge in [0.2, 0.25) is 0 Å².